The Morgan fingerprint density at radius 3 is 1.11 bits per heavy atom. The van der Waals surface area contributed by atoms with Gasteiger partial charge < -0.3 is 14.9 Å². The van der Waals surface area contributed by atoms with Crippen molar-refractivity contribution in [3.63, 3.8) is 0 Å². The van der Waals surface area contributed by atoms with Crippen LogP contribution in [0.1, 0.15) is 41.5 Å². The van der Waals surface area contributed by atoms with Crippen LogP contribution in [0, 0.1) is 25.0 Å². The molecular weight excluding hydrogens is 402 g/mol. The number of carbonyl (C=O) groups excluding carboxylic acids is 1. The molecule has 0 unspecified atom stereocenters. The molecule has 110 valence electrons. The summed E-state index contributed by atoms with van der Waals surface area (Å²) in [5.41, 5.74) is -0.998. The second-order valence-corrected chi connectivity index (χ2v) is 5.24. The van der Waals surface area contributed by atoms with E-state index in [1.807, 2.05) is 0 Å². The maximum Gasteiger partial charge on any atom is 0.308 e. The van der Waals surface area contributed by atoms with E-state index >= 15 is 0 Å². The fourth-order valence-electron chi connectivity index (χ4n) is 0.217. The fourth-order valence-corrected chi connectivity index (χ4v) is 0.217. The summed E-state index contributed by atoms with van der Waals surface area (Å²) in [6, 6.07) is 0. The number of hydrogen-bond donors (Lipinski definition) is 2. The first-order valence-electron chi connectivity index (χ1n) is 4.94. The van der Waals surface area contributed by atoms with Crippen molar-refractivity contribution >= 4 is 11.9 Å². The predicted octanol–water partition coefficient (Wildman–Crippen LogP) is 2.63. The molecule has 0 amide bonds. The zero-order valence-corrected chi connectivity index (χ0v) is 18.4. The second kappa shape index (κ2) is 15.5. The van der Waals surface area contributed by atoms with Crippen molar-refractivity contribution in [3.8, 4) is 0 Å². The summed E-state index contributed by atoms with van der Waals surface area (Å²) < 4.78 is 4.23. The Hall–Kier alpha value is 1.11. The van der Waals surface area contributed by atoms with Crippen LogP contribution in [0.5, 0.6) is 0 Å². The van der Waals surface area contributed by atoms with Crippen LogP contribution in [0.25, 0.3) is 0 Å². The maximum absolute atomic E-state index is 10.5. The number of aliphatic hydroxyl groups is 1. The van der Waals surface area contributed by atoms with Crippen molar-refractivity contribution in [2.75, 3.05) is 0 Å². The molecule has 0 rings (SSSR count). The molecule has 0 saturated carbocycles. The monoisotopic (exact) mass is 426 g/mol. The Kier molecular flexibility index (Phi) is 26.2. The summed E-state index contributed by atoms with van der Waals surface area (Å²) in [4.78, 5) is 20.6. The summed E-state index contributed by atoms with van der Waals surface area (Å²) in [5, 5.41) is 15.0. The third-order valence-electron chi connectivity index (χ3n) is 1.39. The van der Waals surface area contributed by atoms with E-state index in [1.165, 1.54) is 0 Å². The van der Waals surface area contributed by atoms with Crippen LogP contribution in [-0.4, -0.2) is 22.2 Å². The number of hydrogen-bond acceptors (Lipinski definition) is 4. The third kappa shape index (κ3) is 24.5. The molecule has 7 heteroatoms. The fraction of sp³-hybridized carbons (Fsp3) is 0.667. The Morgan fingerprint density at radius 1 is 0.895 bits per heavy atom. The first-order valence-corrected chi connectivity index (χ1v) is 4.94. The average Bonchev–Trinajstić information content (AvgIpc) is 2.17. The van der Waals surface area contributed by atoms with Crippen LogP contribution in [0.2, 0.25) is 0 Å². The van der Waals surface area contributed by atoms with Gasteiger partial charge >= 0.3 is 5.97 Å². The first-order chi connectivity index (χ1) is 7.42. The molecule has 0 aliphatic carbocycles. The van der Waals surface area contributed by atoms with E-state index in [2.05, 4.69) is 19.0 Å². The van der Waals surface area contributed by atoms with Crippen molar-refractivity contribution in [1.29, 1.82) is 0 Å². The van der Waals surface area contributed by atoms with Crippen LogP contribution < -0.4 is 0 Å². The third-order valence-corrected chi connectivity index (χ3v) is 1.39. The Morgan fingerprint density at radius 2 is 1.11 bits per heavy atom. The van der Waals surface area contributed by atoms with E-state index in [1.54, 1.807) is 41.5 Å². The van der Waals surface area contributed by atoms with Gasteiger partial charge in [-0.15, -0.1) is 0 Å². The molecule has 0 bridgehead atoms. The molecule has 0 atom stereocenters. The minimum atomic E-state index is -0.757. The Bertz CT molecular complexity index is 229. The summed E-state index contributed by atoms with van der Waals surface area (Å²) in [7, 11) is 5.25. The topological polar surface area (TPSA) is 83.8 Å². The van der Waals surface area contributed by atoms with Crippen LogP contribution in [0.15, 0.2) is 0 Å². The van der Waals surface area contributed by atoms with Crippen molar-refractivity contribution in [2.45, 2.75) is 41.5 Å². The molecular formula is C12H24O5Y2-2. The maximum atomic E-state index is 10.5. The quantitative estimate of drug-likeness (QED) is 0.460. The predicted molar refractivity (Wildman–Crippen MR) is 65.3 cm³/mol. The van der Waals surface area contributed by atoms with Gasteiger partial charge in [-0.1, -0.05) is 0 Å². The number of aliphatic carboxylic acids is 1. The van der Waals surface area contributed by atoms with Gasteiger partial charge in [0.05, 0.1) is 10.8 Å². The minimum absolute atomic E-state index is 0. The molecule has 5 nitrogen and oxygen atoms in total. The van der Waals surface area contributed by atoms with Gasteiger partial charge in [0.25, 0.3) is 5.97 Å². The number of esters is 1. The molecule has 19 heavy (non-hydrogen) atoms. The van der Waals surface area contributed by atoms with Gasteiger partial charge in [-0.3, -0.25) is 9.59 Å². The molecule has 2 radical (unpaired) electrons. The number of carboxylic acids is 1. The van der Waals surface area contributed by atoms with Crippen molar-refractivity contribution in [1.82, 2.24) is 0 Å². The SMILES string of the molecule is CC(C)(C)C(=O)O.[CH2-]O.[CH2-]OC(=O)C(C)(C)C.[Y].[Y]. The minimum Gasteiger partial charge on any atom is -0.640 e. The summed E-state index contributed by atoms with van der Waals surface area (Å²) >= 11 is 0. The molecule has 0 aromatic rings. The average molecular weight is 426 g/mol. The molecule has 0 heterocycles. The van der Waals surface area contributed by atoms with Gasteiger partial charge in [0.2, 0.25) is 0 Å². The number of carboxylic acid groups (broad SMARTS) is 1. The molecule has 0 fully saturated rings. The number of aliphatic hydroxyl groups excluding tert-OH is 1. The van der Waals surface area contributed by atoms with Crippen molar-refractivity contribution in [3.05, 3.63) is 14.2 Å². The van der Waals surface area contributed by atoms with E-state index in [4.69, 9.17) is 10.2 Å². The van der Waals surface area contributed by atoms with Crippen molar-refractivity contribution in [2.24, 2.45) is 10.8 Å². The van der Waals surface area contributed by atoms with Crippen LogP contribution in [0.3, 0.4) is 0 Å². The molecule has 0 saturated heterocycles. The standard InChI is InChI=1S/C6H11O2.C5H10O2.CH3O.2Y/c1-6(2,3)5(7)8-4;1-5(2,3)4(6)7;1-2;;/h4H2,1-3H3;1-3H3,(H,6,7);2H,1H2;;/q-1;;-1;;. The van der Waals surface area contributed by atoms with E-state index in [0.29, 0.717) is 0 Å². The summed E-state index contributed by atoms with van der Waals surface area (Å²) in [6.07, 6.45) is 0. The smallest absolute Gasteiger partial charge is 0.308 e. The number of carbonyl (C=O) groups is 2. The largest absolute Gasteiger partial charge is 0.640 e. The normalized spacial score (nSPS) is 9.11. The second-order valence-electron chi connectivity index (χ2n) is 5.24. The number of ether oxygens (including phenoxy) is 1. The Balaban J connectivity index is -0.0000000558. The summed E-state index contributed by atoms with van der Waals surface area (Å²) in [6.45, 7) is 10.3. The van der Waals surface area contributed by atoms with Gasteiger partial charge in [0, 0.05) is 65.4 Å². The van der Waals surface area contributed by atoms with Crippen LogP contribution in [0.4, 0.5) is 0 Å². The zero-order chi connectivity index (χ0) is 14.9. The van der Waals surface area contributed by atoms with Gasteiger partial charge in [-0.05, 0) is 41.5 Å². The van der Waals surface area contributed by atoms with Gasteiger partial charge in [-0.2, -0.15) is 7.11 Å². The van der Waals surface area contributed by atoms with Gasteiger partial charge in [-0.25, -0.2) is 7.11 Å². The van der Waals surface area contributed by atoms with Gasteiger partial charge in [0.15, 0.2) is 0 Å². The van der Waals surface area contributed by atoms with Crippen LogP contribution >= 0.6 is 0 Å². The van der Waals surface area contributed by atoms with Crippen LogP contribution in [-0.2, 0) is 79.7 Å². The van der Waals surface area contributed by atoms with E-state index in [0.717, 1.165) is 0 Å². The van der Waals surface area contributed by atoms with E-state index in [-0.39, 0.29) is 71.4 Å². The molecule has 0 aliphatic rings. The number of rotatable bonds is 0. The van der Waals surface area contributed by atoms with Gasteiger partial charge in [0.1, 0.15) is 0 Å². The first kappa shape index (κ1) is 32.2. The molecule has 0 aliphatic heterocycles. The van der Waals surface area contributed by atoms with Crippen molar-refractivity contribution < 1.29 is 90.0 Å². The molecule has 2 N–H and O–H groups in total. The summed E-state index contributed by atoms with van der Waals surface area (Å²) in [5.74, 6) is -1.04. The van der Waals surface area contributed by atoms with E-state index < -0.39 is 16.8 Å². The zero-order valence-electron chi connectivity index (χ0n) is 12.7. The molecule has 0 aromatic heterocycles. The Labute approximate surface area is 167 Å². The molecule has 0 aromatic carbocycles. The van der Waals surface area contributed by atoms with E-state index in [9.17, 15) is 9.59 Å². The molecule has 0 spiro atoms.